The van der Waals surface area contributed by atoms with Gasteiger partial charge < -0.3 is 19.5 Å². The Morgan fingerprint density at radius 3 is 2.32 bits per heavy atom. The molecule has 1 amide bonds. The molecule has 0 aliphatic rings. The van der Waals surface area contributed by atoms with E-state index in [9.17, 15) is 14.0 Å². The molecule has 0 unspecified atom stereocenters. The lowest BCUT2D eigenvalue weighted by molar-refractivity contribution is -0.119. The molecule has 0 atom stereocenters. The van der Waals surface area contributed by atoms with E-state index in [4.69, 9.17) is 25.8 Å². The van der Waals surface area contributed by atoms with Crippen LogP contribution in [0, 0.1) is 5.82 Å². The zero-order chi connectivity index (χ0) is 18.4. The van der Waals surface area contributed by atoms with Crippen LogP contribution >= 0.6 is 11.6 Å². The standard InChI is InChI=1S/C17H15ClFNO5/c1-23-11-6-10(7-12(8-11)24-2)20-15(21)9-25-17(22)16-13(18)4-3-5-14(16)19/h3-8H,9H2,1-2H3,(H,20,21). The van der Waals surface area contributed by atoms with Gasteiger partial charge in [-0.3, -0.25) is 4.79 Å². The van der Waals surface area contributed by atoms with Gasteiger partial charge in [0.2, 0.25) is 0 Å². The maximum absolute atomic E-state index is 13.6. The predicted octanol–water partition coefficient (Wildman–Crippen LogP) is 3.29. The van der Waals surface area contributed by atoms with Crippen LogP contribution in [0.4, 0.5) is 10.1 Å². The van der Waals surface area contributed by atoms with Crippen LogP contribution in [-0.2, 0) is 9.53 Å². The third-order valence-electron chi connectivity index (χ3n) is 3.14. The first-order valence-electron chi connectivity index (χ1n) is 7.08. The van der Waals surface area contributed by atoms with Gasteiger partial charge in [-0.2, -0.15) is 0 Å². The average molecular weight is 368 g/mol. The first-order chi connectivity index (χ1) is 11.9. The summed E-state index contributed by atoms with van der Waals surface area (Å²) in [5.41, 5.74) is -0.0267. The molecule has 25 heavy (non-hydrogen) atoms. The second-order valence-electron chi connectivity index (χ2n) is 4.82. The monoisotopic (exact) mass is 367 g/mol. The minimum absolute atomic E-state index is 0.0945. The van der Waals surface area contributed by atoms with Gasteiger partial charge in [0.25, 0.3) is 5.91 Å². The molecule has 0 aliphatic heterocycles. The van der Waals surface area contributed by atoms with Gasteiger partial charge >= 0.3 is 5.97 Å². The first kappa shape index (κ1) is 18.5. The van der Waals surface area contributed by atoms with Crippen LogP contribution in [0.3, 0.4) is 0 Å². The van der Waals surface area contributed by atoms with Gasteiger partial charge in [0.15, 0.2) is 6.61 Å². The van der Waals surface area contributed by atoms with Crippen molar-refractivity contribution in [3.8, 4) is 11.5 Å². The Morgan fingerprint density at radius 2 is 1.76 bits per heavy atom. The molecular formula is C17H15ClFNO5. The van der Waals surface area contributed by atoms with Gasteiger partial charge in [-0.05, 0) is 12.1 Å². The molecule has 132 valence electrons. The number of hydrogen-bond donors (Lipinski definition) is 1. The molecule has 2 aromatic carbocycles. The molecule has 0 saturated heterocycles. The topological polar surface area (TPSA) is 73.9 Å². The Bertz CT molecular complexity index is 754. The van der Waals surface area contributed by atoms with Crippen LogP contribution in [0.1, 0.15) is 10.4 Å². The number of esters is 1. The first-order valence-corrected chi connectivity index (χ1v) is 7.46. The molecule has 8 heteroatoms. The van der Waals surface area contributed by atoms with E-state index >= 15 is 0 Å². The fraction of sp³-hybridized carbons (Fsp3) is 0.176. The molecule has 0 fully saturated rings. The highest BCUT2D eigenvalue weighted by atomic mass is 35.5. The van der Waals surface area contributed by atoms with E-state index in [0.717, 1.165) is 6.07 Å². The Labute approximate surface area is 148 Å². The molecule has 0 spiro atoms. The summed E-state index contributed by atoms with van der Waals surface area (Å²) in [5.74, 6) is -1.51. The lowest BCUT2D eigenvalue weighted by Crippen LogP contribution is -2.21. The van der Waals surface area contributed by atoms with Gasteiger partial charge in [-0.25, -0.2) is 9.18 Å². The number of benzene rings is 2. The van der Waals surface area contributed by atoms with Crippen molar-refractivity contribution in [1.29, 1.82) is 0 Å². The van der Waals surface area contributed by atoms with E-state index in [-0.39, 0.29) is 5.02 Å². The van der Waals surface area contributed by atoms with E-state index in [0.29, 0.717) is 17.2 Å². The zero-order valence-corrected chi connectivity index (χ0v) is 14.2. The highest BCUT2D eigenvalue weighted by Gasteiger charge is 2.18. The average Bonchev–Trinajstić information content (AvgIpc) is 2.59. The van der Waals surface area contributed by atoms with Crippen LogP contribution < -0.4 is 14.8 Å². The van der Waals surface area contributed by atoms with E-state index < -0.39 is 29.9 Å². The normalized spacial score (nSPS) is 10.1. The van der Waals surface area contributed by atoms with Crippen molar-refractivity contribution in [2.45, 2.75) is 0 Å². The Kier molecular flexibility index (Phi) is 6.19. The van der Waals surface area contributed by atoms with Crippen molar-refractivity contribution in [2.24, 2.45) is 0 Å². The fourth-order valence-electron chi connectivity index (χ4n) is 1.97. The molecule has 6 nitrogen and oxygen atoms in total. The van der Waals surface area contributed by atoms with Crippen molar-refractivity contribution in [1.82, 2.24) is 0 Å². The second kappa shape index (κ2) is 8.34. The third-order valence-corrected chi connectivity index (χ3v) is 3.45. The summed E-state index contributed by atoms with van der Waals surface area (Å²) in [6.07, 6.45) is 0. The van der Waals surface area contributed by atoms with E-state index in [1.807, 2.05) is 0 Å². The number of methoxy groups -OCH3 is 2. The summed E-state index contributed by atoms with van der Waals surface area (Å²) in [6.45, 7) is -0.608. The molecular weight excluding hydrogens is 353 g/mol. The smallest absolute Gasteiger partial charge is 0.343 e. The quantitative estimate of drug-likeness (QED) is 0.793. The second-order valence-corrected chi connectivity index (χ2v) is 5.23. The van der Waals surface area contributed by atoms with Crippen molar-refractivity contribution >= 4 is 29.2 Å². The summed E-state index contributed by atoms with van der Waals surface area (Å²) in [5, 5.41) is 2.43. The summed E-state index contributed by atoms with van der Waals surface area (Å²) in [4.78, 5) is 23.8. The van der Waals surface area contributed by atoms with Crippen molar-refractivity contribution in [3.63, 3.8) is 0 Å². The van der Waals surface area contributed by atoms with Gasteiger partial charge in [0.05, 0.1) is 19.2 Å². The molecule has 0 heterocycles. The SMILES string of the molecule is COc1cc(NC(=O)COC(=O)c2c(F)cccc2Cl)cc(OC)c1. The van der Waals surface area contributed by atoms with Crippen molar-refractivity contribution in [2.75, 3.05) is 26.1 Å². The van der Waals surface area contributed by atoms with Crippen LogP contribution in [-0.4, -0.2) is 32.7 Å². The van der Waals surface area contributed by atoms with E-state index in [1.165, 1.54) is 26.4 Å². The van der Waals surface area contributed by atoms with Crippen LogP contribution in [0.25, 0.3) is 0 Å². The number of carbonyl (C=O) groups excluding carboxylic acids is 2. The maximum Gasteiger partial charge on any atom is 0.343 e. The highest BCUT2D eigenvalue weighted by molar-refractivity contribution is 6.33. The molecule has 0 aromatic heterocycles. The lowest BCUT2D eigenvalue weighted by atomic mass is 10.2. The van der Waals surface area contributed by atoms with Gasteiger partial charge in [-0.1, -0.05) is 17.7 Å². The van der Waals surface area contributed by atoms with Gasteiger partial charge in [-0.15, -0.1) is 0 Å². The zero-order valence-electron chi connectivity index (χ0n) is 13.5. The number of rotatable bonds is 6. The number of amides is 1. The Hall–Kier alpha value is -2.80. The van der Waals surface area contributed by atoms with E-state index in [1.54, 1.807) is 18.2 Å². The lowest BCUT2D eigenvalue weighted by Gasteiger charge is -2.10. The summed E-state index contributed by atoms with van der Waals surface area (Å²) in [7, 11) is 2.95. The fourth-order valence-corrected chi connectivity index (χ4v) is 2.21. The number of anilines is 1. The highest BCUT2D eigenvalue weighted by Crippen LogP contribution is 2.25. The third kappa shape index (κ3) is 4.84. The predicted molar refractivity (Wildman–Crippen MR) is 89.9 cm³/mol. The molecule has 0 saturated carbocycles. The number of carbonyl (C=O) groups is 2. The largest absolute Gasteiger partial charge is 0.497 e. The number of ether oxygens (including phenoxy) is 3. The summed E-state index contributed by atoms with van der Waals surface area (Å²) >= 11 is 5.77. The Morgan fingerprint density at radius 1 is 1.12 bits per heavy atom. The van der Waals surface area contributed by atoms with Crippen molar-refractivity contribution < 1.29 is 28.2 Å². The molecule has 2 aromatic rings. The van der Waals surface area contributed by atoms with Gasteiger partial charge in [0, 0.05) is 23.9 Å². The molecule has 0 aliphatic carbocycles. The van der Waals surface area contributed by atoms with Crippen LogP contribution in [0.2, 0.25) is 5.02 Å². The molecule has 1 N–H and O–H groups in total. The number of hydrogen-bond acceptors (Lipinski definition) is 5. The van der Waals surface area contributed by atoms with Crippen LogP contribution in [0.5, 0.6) is 11.5 Å². The van der Waals surface area contributed by atoms with E-state index in [2.05, 4.69) is 5.32 Å². The Balaban J connectivity index is 2.00. The van der Waals surface area contributed by atoms with Crippen molar-refractivity contribution in [3.05, 3.63) is 52.8 Å². The van der Waals surface area contributed by atoms with Crippen LogP contribution in [0.15, 0.2) is 36.4 Å². The molecule has 2 rings (SSSR count). The molecule has 0 bridgehead atoms. The number of halogens is 2. The minimum Gasteiger partial charge on any atom is -0.497 e. The minimum atomic E-state index is -1.03. The maximum atomic E-state index is 13.6. The molecule has 0 radical (unpaired) electrons. The summed E-state index contributed by atoms with van der Waals surface area (Å²) in [6, 6.07) is 8.55. The van der Waals surface area contributed by atoms with Gasteiger partial charge in [0.1, 0.15) is 22.9 Å². The summed E-state index contributed by atoms with van der Waals surface area (Å²) < 4.78 is 28.6. The number of nitrogens with one attached hydrogen (secondary N) is 1.